The van der Waals surface area contributed by atoms with Gasteiger partial charge in [0, 0.05) is 24.7 Å². The molecule has 2 aromatic rings. The Morgan fingerprint density at radius 3 is 2.79 bits per heavy atom. The molecule has 3 rings (SSSR count). The summed E-state index contributed by atoms with van der Waals surface area (Å²) in [6.45, 7) is 0.295. The minimum atomic E-state index is -0.454. The van der Waals surface area contributed by atoms with Crippen molar-refractivity contribution < 1.29 is 19.4 Å². The first-order valence-electron chi connectivity index (χ1n) is 7.62. The number of carbonyl (C=O) groups excluding carboxylic acids is 2. The maximum Gasteiger partial charge on any atom is 0.229 e. The molecule has 1 aliphatic rings. The second kappa shape index (κ2) is 6.62. The Hall–Kier alpha value is -3.02. The van der Waals surface area contributed by atoms with Crippen LogP contribution in [0.5, 0.6) is 11.5 Å². The van der Waals surface area contributed by atoms with Gasteiger partial charge in [-0.25, -0.2) is 0 Å². The number of para-hydroxylation sites is 2. The van der Waals surface area contributed by atoms with Gasteiger partial charge in [-0.2, -0.15) is 0 Å². The van der Waals surface area contributed by atoms with Crippen molar-refractivity contribution in [1.82, 2.24) is 0 Å². The molecule has 24 heavy (non-hydrogen) atoms. The molecule has 1 atom stereocenters. The molecule has 2 amide bonds. The number of hydrogen-bond acceptors (Lipinski definition) is 4. The third-order valence-electron chi connectivity index (χ3n) is 3.99. The lowest BCUT2D eigenvalue weighted by molar-refractivity contribution is -0.122. The smallest absolute Gasteiger partial charge is 0.229 e. The molecule has 0 aromatic heterocycles. The monoisotopic (exact) mass is 326 g/mol. The standard InChI is InChI=1S/C18H18N2O4/c1-24-16-8-3-2-7-15(16)20-11-12(9-17(20)22)18(23)19-13-5-4-6-14(21)10-13/h2-8,10,12,21H,9,11H2,1H3,(H,19,23)/t12-/m0/s1. The lowest BCUT2D eigenvalue weighted by Crippen LogP contribution is -2.28. The summed E-state index contributed by atoms with van der Waals surface area (Å²) in [5.41, 5.74) is 1.17. The molecular formula is C18H18N2O4. The van der Waals surface area contributed by atoms with Crippen LogP contribution in [0.15, 0.2) is 48.5 Å². The molecule has 6 nitrogen and oxygen atoms in total. The molecule has 124 valence electrons. The normalized spacial score (nSPS) is 17.0. The van der Waals surface area contributed by atoms with E-state index in [1.54, 1.807) is 36.3 Å². The van der Waals surface area contributed by atoms with Crippen molar-refractivity contribution in [2.75, 3.05) is 23.9 Å². The molecule has 0 aliphatic carbocycles. The Morgan fingerprint density at radius 2 is 2.04 bits per heavy atom. The lowest BCUT2D eigenvalue weighted by atomic mass is 10.1. The molecule has 0 saturated carbocycles. The van der Waals surface area contributed by atoms with Crippen LogP contribution in [0.1, 0.15) is 6.42 Å². The summed E-state index contributed by atoms with van der Waals surface area (Å²) in [5, 5.41) is 12.2. The van der Waals surface area contributed by atoms with Gasteiger partial charge in [0.15, 0.2) is 0 Å². The van der Waals surface area contributed by atoms with Gasteiger partial charge in [-0.05, 0) is 24.3 Å². The second-order valence-corrected chi connectivity index (χ2v) is 5.62. The van der Waals surface area contributed by atoms with E-state index in [0.717, 1.165) is 0 Å². The molecule has 1 heterocycles. The third-order valence-corrected chi connectivity index (χ3v) is 3.99. The summed E-state index contributed by atoms with van der Waals surface area (Å²) in [7, 11) is 1.55. The highest BCUT2D eigenvalue weighted by Crippen LogP contribution is 2.33. The van der Waals surface area contributed by atoms with Gasteiger partial charge in [0.1, 0.15) is 11.5 Å². The number of phenols is 1. The van der Waals surface area contributed by atoms with Gasteiger partial charge in [-0.3, -0.25) is 9.59 Å². The quantitative estimate of drug-likeness (QED) is 0.904. The van der Waals surface area contributed by atoms with Gasteiger partial charge < -0.3 is 20.1 Å². The van der Waals surface area contributed by atoms with Crippen molar-refractivity contribution >= 4 is 23.2 Å². The van der Waals surface area contributed by atoms with Crippen molar-refractivity contribution in [2.24, 2.45) is 5.92 Å². The number of rotatable bonds is 4. The number of ether oxygens (including phenoxy) is 1. The van der Waals surface area contributed by atoms with Gasteiger partial charge in [-0.1, -0.05) is 18.2 Å². The molecule has 2 aromatic carbocycles. The fourth-order valence-corrected chi connectivity index (χ4v) is 2.80. The Morgan fingerprint density at radius 1 is 1.25 bits per heavy atom. The Balaban J connectivity index is 1.73. The van der Waals surface area contributed by atoms with Crippen molar-refractivity contribution in [1.29, 1.82) is 0 Å². The van der Waals surface area contributed by atoms with Gasteiger partial charge in [0.2, 0.25) is 11.8 Å². The summed E-state index contributed by atoms with van der Waals surface area (Å²) in [4.78, 5) is 26.3. The predicted octanol–water partition coefficient (Wildman–Crippen LogP) is 2.39. The van der Waals surface area contributed by atoms with E-state index in [1.807, 2.05) is 12.1 Å². The van der Waals surface area contributed by atoms with Crippen LogP contribution in [0.3, 0.4) is 0 Å². The number of benzene rings is 2. The maximum absolute atomic E-state index is 12.4. The van der Waals surface area contributed by atoms with Crippen molar-refractivity contribution in [3.8, 4) is 11.5 Å². The zero-order valence-corrected chi connectivity index (χ0v) is 13.2. The molecule has 0 bridgehead atoms. The average molecular weight is 326 g/mol. The van der Waals surface area contributed by atoms with E-state index in [4.69, 9.17) is 4.74 Å². The zero-order valence-electron chi connectivity index (χ0n) is 13.2. The van der Waals surface area contributed by atoms with Gasteiger partial charge in [0.05, 0.1) is 18.7 Å². The van der Waals surface area contributed by atoms with Crippen LogP contribution in [-0.4, -0.2) is 30.6 Å². The highest BCUT2D eigenvalue weighted by Gasteiger charge is 2.36. The van der Waals surface area contributed by atoms with E-state index >= 15 is 0 Å². The highest BCUT2D eigenvalue weighted by atomic mass is 16.5. The number of phenolic OH excluding ortho intramolecular Hbond substituents is 1. The summed E-state index contributed by atoms with van der Waals surface area (Å²) >= 11 is 0. The average Bonchev–Trinajstić information content (AvgIpc) is 2.96. The van der Waals surface area contributed by atoms with E-state index in [2.05, 4.69) is 5.32 Å². The largest absolute Gasteiger partial charge is 0.508 e. The topological polar surface area (TPSA) is 78.9 Å². The molecule has 6 heteroatoms. The number of methoxy groups -OCH3 is 1. The number of anilines is 2. The van der Waals surface area contributed by atoms with Gasteiger partial charge in [0.25, 0.3) is 0 Å². The molecular weight excluding hydrogens is 308 g/mol. The van der Waals surface area contributed by atoms with Crippen LogP contribution in [0, 0.1) is 5.92 Å². The van der Waals surface area contributed by atoms with E-state index in [9.17, 15) is 14.7 Å². The fraction of sp³-hybridized carbons (Fsp3) is 0.222. The number of amides is 2. The van der Waals surface area contributed by atoms with E-state index in [0.29, 0.717) is 23.7 Å². The summed E-state index contributed by atoms with van der Waals surface area (Å²) in [6.07, 6.45) is 0.142. The van der Waals surface area contributed by atoms with Crippen molar-refractivity contribution in [3.63, 3.8) is 0 Å². The lowest BCUT2D eigenvalue weighted by Gasteiger charge is -2.19. The molecule has 1 fully saturated rings. The second-order valence-electron chi connectivity index (χ2n) is 5.62. The molecule has 1 saturated heterocycles. The molecule has 1 aliphatic heterocycles. The minimum Gasteiger partial charge on any atom is -0.508 e. The number of hydrogen-bond donors (Lipinski definition) is 2. The minimum absolute atomic E-state index is 0.0750. The predicted molar refractivity (Wildman–Crippen MR) is 90.2 cm³/mol. The number of nitrogens with one attached hydrogen (secondary N) is 1. The number of nitrogens with zero attached hydrogens (tertiary/aromatic N) is 1. The van der Waals surface area contributed by atoms with Crippen LogP contribution < -0.4 is 15.0 Å². The maximum atomic E-state index is 12.4. The van der Waals surface area contributed by atoms with E-state index < -0.39 is 5.92 Å². The third kappa shape index (κ3) is 3.17. The molecule has 0 unspecified atom stereocenters. The Labute approximate surface area is 139 Å². The molecule has 2 N–H and O–H groups in total. The first-order chi connectivity index (χ1) is 11.6. The fourth-order valence-electron chi connectivity index (χ4n) is 2.80. The van der Waals surface area contributed by atoms with Crippen molar-refractivity contribution in [2.45, 2.75) is 6.42 Å². The van der Waals surface area contributed by atoms with Crippen LogP contribution in [0.2, 0.25) is 0 Å². The first-order valence-corrected chi connectivity index (χ1v) is 7.62. The first kappa shape index (κ1) is 15.9. The van der Waals surface area contributed by atoms with Gasteiger partial charge in [-0.15, -0.1) is 0 Å². The van der Waals surface area contributed by atoms with Crippen LogP contribution >= 0.6 is 0 Å². The van der Waals surface area contributed by atoms with Crippen LogP contribution in [-0.2, 0) is 9.59 Å². The summed E-state index contributed by atoms with van der Waals surface area (Å²) in [5.74, 6) is -0.141. The zero-order chi connectivity index (χ0) is 17.1. The van der Waals surface area contributed by atoms with E-state index in [-0.39, 0.29) is 24.0 Å². The molecule has 0 radical (unpaired) electrons. The van der Waals surface area contributed by atoms with Gasteiger partial charge >= 0.3 is 0 Å². The Kier molecular flexibility index (Phi) is 4.37. The SMILES string of the molecule is COc1ccccc1N1C[C@@H](C(=O)Nc2cccc(O)c2)CC1=O. The highest BCUT2D eigenvalue weighted by molar-refractivity contribution is 6.04. The van der Waals surface area contributed by atoms with Crippen molar-refractivity contribution in [3.05, 3.63) is 48.5 Å². The molecule has 0 spiro atoms. The summed E-state index contributed by atoms with van der Waals surface area (Å²) in [6, 6.07) is 13.6. The van der Waals surface area contributed by atoms with E-state index in [1.165, 1.54) is 12.1 Å². The van der Waals surface area contributed by atoms with Crippen LogP contribution in [0.4, 0.5) is 11.4 Å². The Bertz CT molecular complexity index is 775. The van der Waals surface area contributed by atoms with Crippen LogP contribution in [0.25, 0.3) is 0 Å². The summed E-state index contributed by atoms with van der Waals surface area (Å²) < 4.78 is 5.29. The number of carbonyl (C=O) groups is 2. The number of aromatic hydroxyl groups is 1.